The highest BCUT2D eigenvalue weighted by Gasteiger charge is 2.31. The van der Waals surface area contributed by atoms with Gasteiger partial charge in [-0.2, -0.15) is 0 Å². The molecular formula is C63H72Cl3F3N12O9. The Morgan fingerprint density at radius 3 is 0.878 bits per heavy atom. The Hall–Kier alpha value is -8.52. The molecule has 9 rings (SSSR count). The summed E-state index contributed by atoms with van der Waals surface area (Å²) >= 11 is 17.8. The fourth-order valence-electron chi connectivity index (χ4n) is 10.4. The molecule has 21 nitrogen and oxygen atoms in total. The minimum Gasteiger partial charge on any atom is -0.482 e. The van der Waals surface area contributed by atoms with Gasteiger partial charge in [0.25, 0.3) is 17.7 Å². The molecule has 3 saturated heterocycles. The summed E-state index contributed by atoms with van der Waals surface area (Å²) < 4.78 is 56.1. The molecule has 6 aromatic carbocycles. The molecular weight excluding hydrogens is 1230 g/mol. The SMILES string of the molecule is C[C@@H]1CN(Cc2ccc(F)cc2)CCN1C(=O)COc1ccc(Cl)cc1NC(N)=O.C[C@@H]1CN(Cc2ccc(F)cc2)CCN1C(=O)COc1ccc(Cl)cc1NC(N)=O.C[C@@H]1CN(Cc2ccc(F)cc2)CCN1C(=O)COc1ccc(Cl)cc1NC(N)=O. The zero-order valence-electron chi connectivity index (χ0n) is 49.8. The molecule has 27 heteroatoms. The first-order valence-corrected chi connectivity index (χ1v) is 29.8. The summed E-state index contributed by atoms with van der Waals surface area (Å²) in [7, 11) is 0. The third-order valence-electron chi connectivity index (χ3n) is 14.7. The molecule has 0 radical (unpaired) electrons. The van der Waals surface area contributed by atoms with E-state index in [0.29, 0.717) is 128 Å². The Morgan fingerprint density at radius 1 is 0.411 bits per heavy atom. The molecule has 0 bridgehead atoms. The predicted molar refractivity (Wildman–Crippen MR) is 339 cm³/mol. The molecule has 6 aromatic rings. The van der Waals surface area contributed by atoms with Crippen LogP contribution in [0, 0.1) is 17.5 Å². The molecule has 3 fully saturated rings. The van der Waals surface area contributed by atoms with Crippen molar-refractivity contribution in [3.8, 4) is 17.2 Å². The van der Waals surface area contributed by atoms with Crippen LogP contribution in [0.15, 0.2) is 127 Å². The molecule has 0 aliphatic carbocycles. The number of ether oxygens (including phenoxy) is 3. The number of carbonyl (C=O) groups is 6. The average Bonchev–Trinajstić information content (AvgIpc) is 2.21. The van der Waals surface area contributed by atoms with Crippen LogP contribution in [0.1, 0.15) is 37.5 Å². The van der Waals surface area contributed by atoms with Crippen molar-refractivity contribution in [3.63, 3.8) is 0 Å². The molecule has 480 valence electrons. The topological polar surface area (TPSA) is 264 Å². The Labute approximate surface area is 535 Å². The lowest BCUT2D eigenvalue weighted by atomic mass is 10.1. The van der Waals surface area contributed by atoms with Gasteiger partial charge in [-0.25, -0.2) is 27.6 Å². The summed E-state index contributed by atoms with van der Waals surface area (Å²) in [5.74, 6) is -0.263. The number of rotatable bonds is 18. The largest absolute Gasteiger partial charge is 0.482 e. The highest BCUT2D eigenvalue weighted by molar-refractivity contribution is 6.31. The molecule has 0 saturated carbocycles. The first-order chi connectivity index (χ1) is 42.9. The van der Waals surface area contributed by atoms with Crippen molar-refractivity contribution in [2.45, 2.75) is 58.5 Å². The fourth-order valence-corrected chi connectivity index (χ4v) is 10.9. The predicted octanol–water partition coefficient (Wildman–Crippen LogP) is 9.24. The zero-order chi connectivity index (χ0) is 65.0. The second kappa shape index (κ2) is 33.3. The van der Waals surface area contributed by atoms with Gasteiger partial charge < -0.3 is 62.1 Å². The van der Waals surface area contributed by atoms with Gasteiger partial charge in [0.15, 0.2) is 19.8 Å². The number of nitrogens with zero attached hydrogens (tertiary/aromatic N) is 6. The van der Waals surface area contributed by atoms with Crippen LogP contribution in [0.3, 0.4) is 0 Å². The van der Waals surface area contributed by atoms with Crippen molar-refractivity contribution in [1.29, 1.82) is 0 Å². The number of nitrogens with two attached hydrogens (primary N) is 3. The van der Waals surface area contributed by atoms with Gasteiger partial charge in [0.2, 0.25) is 0 Å². The summed E-state index contributed by atoms with van der Waals surface area (Å²) in [5, 5.41) is 8.52. The molecule has 3 atom stereocenters. The quantitative estimate of drug-likeness (QED) is 0.0470. The molecule has 0 aromatic heterocycles. The number of carbonyl (C=O) groups excluding carboxylic acids is 6. The number of anilines is 3. The Kier molecular flexibility index (Phi) is 25.5. The molecule has 0 spiro atoms. The van der Waals surface area contributed by atoms with E-state index in [4.69, 9.17) is 66.2 Å². The van der Waals surface area contributed by atoms with Crippen LogP contribution in [-0.2, 0) is 34.0 Å². The van der Waals surface area contributed by atoms with Crippen LogP contribution in [0.25, 0.3) is 0 Å². The maximum atomic E-state index is 13.1. The molecule has 0 unspecified atom stereocenters. The minimum atomic E-state index is -0.751. The van der Waals surface area contributed by atoms with Gasteiger partial charge in [0.1, 0.15) is 34.7 Å². The number of piperazine rings is 3. The van der Waals surface area contributed by atoms with Crippen molar-refractivity contribution in [3.05, 3.63) is 177 Å². The van der Waals surface area contributed by atoms with Gasteiger partial charge in [-0.1, -0.05) is 71.2 Å². The summed E-state index contributed by atoms with van der Waals surface area (Å²) in [6.45, 7) is 13.5. The fraction of sp³-hybridized carbons (Fsp3) is 0.333. The molecule has 3 aliphatic heterocycles. The number of primary amides is 3. The van der Waals surface area contributed by atoms with E-state index in [9.17, 15) is 41.9 Å². The highest BCUT2D eigenvalue weighted by atomic mass is 35.5. The number of amides is 9. The van der Waals surface area contributed by atoms with E-state index >= 15 is 0 Å². The third-order valence-corrected chi connectivity index (χ3v) is 15.4. The van der Waals surface area contributed by atoms with E-state index in [1.165, 1.54) is 54.6 Å². The van der Waals surface area contributed by atoms with Gasteiger partial charge in [0, 0.05) is 112 Å². The standard InChI is InChI=1S/3C21H24ClFN4O3/c3*1-14-11-26(12-15-2-5-17(23)6-3-15)8-9-27(14)20(28)13-30-19-7-4-16(22)10-18(19)25-21(24)29/h3*2-7,10,14H,8-9,11-13H2,1H3,(H3,24,25,29)/t3*14-/m111/s1. The van der Waals surface area contributed by atoms with Crippen LogP contribution in [-0.4, -0.2) is 162 Å². The summed E-state index contributed by atoms with van der Waals surface area (Å²) in [5.41, 5.74) is 19.5. The van der Waals surface area contributed by atoms with Crippen LogP contribution >= 0.6 is 34.8 Å². The zero-order valence-corrected chi connectivity index (χ0v) is 52.1. The van der Waals surface area contributed by atoms with Crippen LogP contribution in [0.4, 0.5) is 44.6 Å². The molecule has 9 amide bonds. The summed E-state index contributed by atoms with van der Waals surface area (Å²) in [6.07, 6.45) is 0. The number of halogens is 6. The molecule has 3 aliphatic rings. The van der Waals surface area contributed by atoms with Crippen molar-refractivity contribution in [2.24, 2.45) is 17.2 Å². The van der Waals surface area contributed by atoms with Crippen LogP contribution in [0.2, 0.25) is 15.1 Å². The van der Waals surface area contributed by atoms with E-state index in [0.717, 1.165) is 16.7 Å². The van der Waals surface area contributed by atoms with Crippen molar-refractivity contribution in [2.75, 3.05) is 94.7 Å². The number of benzene rings is 6. The lowest BCUT2D eigenvalue weighted by molar-refractivity contribution is -0.138. The van der Waals surface area contributed by atoms with Gasteiger partial charge in [0.05, 0.1) is 17.1 Å². The second-order valence-electron chi connectivity index (χ2n) is 21.6. The van der Waals surface area contributed by atoms with E-state index in [2.05, 4.69) is 30.7 Å². The Bertz CT molecular complexity index is 3080. The third kappa shape index (κ3) is 21.6. The number of hydrogen-bond donors (Lipinski definition) is 6. The van der Waals surface area contributed by atoms with Gasteiger partial charge in [-0.3, -0.25) is 29.1 Å². The smallest absolute Gasteiger partial charge is 0.316 e. The van der Waals surface area contributed by atoms with Crippen molar-refractivity contribution in [1.82, 2.24) is 29.4 Å². The lowest BCUT2D eigenvalue weighted by Crippen LogP contribution is -2.54. The normalized spacial score (nSPS) is 16.9. The molecule has 9 N–H and O–H groups in total. The maximum absolute atomic E-state index is 13.1. The molecule has 3 heterocycles. The number of hydrogen-bond acceptors (Lipinski definition) is 12. The van der Waals surface area contributed by atoms with E-state index in [1.54, 1.807) is 87.5 Å². The average molecular weight is 1300 g/mol. The maximum Gasteiger partial charge on any atom is 0.316 e. The van der Waals surface area contributed by atoms with Crippen molar-refractivity contribution < 1.29 is 56.1 Å². The number of nitrogens with one attached hydrogen (secondary N) is 3. The second-order valence-corrected chi connectivity index (χ2v) is 23.0. The lowest BCUT2D eigenvalue weighted by Gasteiger charge is -2.39. The van der Waals surface area contributed by atoms with E-state index in [1.807, 2.05) is 20.8 Å². The minimum absolute atomic E-state index is 0.00345. The van der Waals surface area contributed by atoms with Crippen LogP contribution < -0.4 is 47.4 Å². The van der Waals surface area contributed by atoms with E-state index in [-0.39, 0.29) is 73.1 Å². The first-order valence-electron chi connectivity index (χ1n) is 28.7. The Morgan fingerprint density at radius 2 is 0.656 bits per heavy atom. The monoisotopic (exact) mass is 1300 g/mol. The van der Waals surface area contributed by atoms with Crippen molar-refractivity contribution >= 4 is 87.7 Å². The molecule has 90 heavy (non-hydrogen) atoms. The summed E-state index contributed by atoms with van der Waals surface area (Å²) in [4.78, 5) is 83.5. The van der Waals surface area contributed by atoms with Gasteiger partial charge >= 0.3 is 18.1 Å². The summed E-state index contributed by atoms with van der Waals surface area (Å²) in [6, 6.07) is 31.1. The van der Waals surface area contributed by atoms with E-state index < -0.39 is 18.1 Å². The highest BCUT2D eigenvalue weighted by Crippen LogP contribution is 2.31. The van der Waals surface area contributed by atoms with Gasteiger partial charge in [-0.15, -0.1) is 0 Å². The van der Waals surface area contributed by atoms with Crippen LogP contribution in [0.5, 0.6) is 17.2 Å². The first kappa shape index (κ1) is 69.0. The van der Waals surface area contributed by atoms with Gasteiger partial charge in [-0.05, 0) is 128 Å². The Balaban J connectivity index is 0.000000192. The number of urea groups is 3.